The van der Waals surface area contributed by atoms with Crippen molar-refractivity contribution in [2.75, 3.05) is 40.9 Å². The number of nitrogens with zero attached hydrogens (tertiary/aromatic N) is 1. The van der Waals surface area contributed by atoms with E-state index in [4.69, 9.17) is 13.8 Å². The van der Waals surface area contributed by atoms with Crippen molar-refractivity contribution in [2.45, 2.75) is 392 Å². The van der Waals surface area contributed by atoms with Crippen LogP contribution in [0, 0.1) is 0 Å². The van der Waals surface area contributed by atoms with Gasteiger partial charge in [-0.15, -0.1) is 0 Å². The van der Waals surface area contributed by atoms with Gasteiger partial charge >= 0.3 is 13.8 Å². The average molecular weight is 1220 g/mol. The molecule has 0 aromatic heterocycles. The number of allylic oxidation sites excluding steroid dienone is 5. The SMILES string of the molecule is CCCCCCCC/C=C/CCCCCCCCCCCCCCCCCCCC(=O)NC(COP(=O)(O)OCC[N+](C)(C)C)C(/C=C\CCCCCCCCCCC)OC(=O)CCCCCCCCCCCCC/C=C/CCCCCCCC. The normalized spacial score (nSPS) is 13.6. The van der Waals surface area contributed by atoms with Crippen molar-refractivity contribution in [3.63, 3.8) is 0 Å². The Hall–Kier alpha value is -1.77. The molecule has 0 rings (SSSR count). The number of carbonyl (C=O) groups is 2. The van der Waals surface area contributed by atoms with Gasteiger partial charge in [0.15, 0.2) is 0 Å². The van der Waals surface area contributed by atoms with E-state index in [9.17, 15) is 19.0 Å². The van der Waals surface area contributed by atoms with Gasteiger partial charge in [-0.05, 0) is 83.1 Å². The van der Waals surface area contributed by atoms with Crippen LogP contribution in [0.5, 0.6) is 0 Å². The van der Waals surface area contributed by atoms with Crippen LogP contribution >= 0.6 is 7.82 Å². The first kappa shape index (κ1) is 83.2. The smallest absolute Gasteiger partial charge is 0.456 e. The van der Waals surface area contributed by atoms with Gasteiger partial charge < -0.3 is 19.4 Å². The van der Waals surface area contributed by atoms with Gasteiger partial charge in [-0.3, -0.25) is 18.6 Å². The van der Waals surface area contributed by atoms with Crippen molar-refractivity contribution < 1.29 is 37.3 Å². The van der Waals surface area contributed by atoms with E-state index in [1.165, 1.54) is 289 Å². The number of phosphoric ester groups is 1. The number of ether oxygens (including phenoxy) is 1. The van der Waals surface area contributed by atoms with E-state index in [1.807, 2.05) is 33.3 Å². The Bertz CT molecular complexity index is 1550. The Kier molecular flexibility index (Phi) is 63.8. The predicted octanol–water partition coefficient (Wildman–Crippen LogP) is 23.8. The highest BCUT2D eigenvalue weighted by Gasteiger charge is 2.30. The lowest BCUT2D eigenvalue weighted by molar-refractivity contribution is -0.870. The minimum atomic E-state index is -4.45. The van der Waals surface area contributed by atoms with E-state index in [-0.39, 0.29) is 25.1 Å². The summed E-state index contributed by atoms with van der Waals surface area (Å²) in [7, 11) is 1.51. The van der Waals surface area contributed by atoms with Crippen molar-refractivity contribution in [1.82, 2.24) is 5.32 Å². The maximum Gasteiger partial charge on any atom is 0.472 e. The van der Waals surface area contributed by atoms with Gasteiger partial charge in [-0.2, -0.15) is 0 Å². The number of rotatable bonds is 69. The molecule has 9 nitrogen and oxygen atoms in total. The fourth-order valence-corrected chi connectivity index (χ4v) is 12.0. The Balaban J connectivity index is 4.92. The topological polar surface area (TPSA) is 111 Å². The zero-order chi connectivity index (χ0) is 62.1. The maximum atomic E-state index is 13.6. The first-order valence-electron chi connectivity index (χ1n) is 37.3. The molecule has 0 saturated carbocycles. The van der Waals surface area contributed by atoms with Crippen molar-refractivity contribution in [2.24, 2.45) is 0 Å². The van der Waals surface area contributed by atoms with Gasteiger partial charge in [0.05, 0.1) is 33.8 Å². The molecule has 1 amide bonds. The molecule has 0 saturated heterocycles. The summed E-state index contributed by atoms with van der Waals surface area (Å²) < 4.78 is 30.8. The van der Waals surface area contributed by atoms with Crippen molar-refractivity contribution in [3.05, 3.63) is 36.5 Å². The molecule has 0 aliphatic heterocycles. The lowest BCUT2D eigenvalue weighted by atomic mass is 10.0. The highest BCUT2D eigenvalue weighted by Crippen LogP contribution is 2.43. The number of nitrogens with one attached hydrogen (secondary N) is 1. The summed E-state index contributed by atoms with van der Waals surface area (Å²) >= 11 is 0. The van der Waals surface area contributed by atoms with Crippen LogP contribution in [0.3, 0.4) is 0 Å². The summed E-state index contributed by atoms with van der Waals surface area (Å²) in [6, 6.07) is -0.846. The van der Waals surface area contributed by atoms with Gasteiger partial charge in [0, 0.05) is 12.8 Å². The van der Waals surface area contributed by atoms with Crippen LogP contribution in [0.15, 0.2) is 36.5 Å². The molecule has 502 valence electrons. The Morgan fingerprint density at radius 3 is 1.00 bits per heavy atom. The molecule has 85 heavy (non-hydrogen) atoms. The van der Waals surface area contributed by atoms with Crippen LogP contribution in [0.4, 0.5) is 0 Å². The zero-order valence-corrected chi connectivity index (χ0v) is 58.5. The number of hydrogen-bond donors (Lipinski definition) is 2. The second kappa shape index (κ2) is 65.2. The summed E-state index contributed by atoms with van der Waals surface area (Å²) in [5.41, 5.74) is 0. The molecular weight excluding hydrogens is 1070 g/mol. The Morgan fingerprint density at radius 1 is 0.400 bits per heavy atom. The minimum absolute atomic E-state index is 0.0431. The lowest BCUT2D eigenvalue weighted by Crippen LogP contribution is -2.47. The molecule has 0 fully saturated rings. The van der Waals surface area contributed by atoms with E-state index in [1.54, 1.807) is 0 Å². The molecule has 3 unspecified atom stereocenters. The Labute approximate surface area is 529 Å². The molecule has 2 N–H and O–H groups in total. The van der Waals surface area contributed by atoms with Crippen LogP contribution in [-0.4, -0.2) is 74.3 Å². The number of esters is 1. The number of carbonyl (C=O) groups excluding carboxylic acids is 2. The number of likely N-dealkylation sites (N-methyl/N-ethyl adjacent to an activating group) is 1. The van der Waals surface area contributed by atoms with Crippen molar-refractivity contribution in [3.8, 4) is 0 Å². The fourth-order valence-electron chi connectivity index (χ4n) is 11.3. The molecule has 3 atom stereocenters. The maximum absolute atomic E-state index is 13.6. The third-order valence-corrected chi connectivity index (χ3v) is 18.0. The Morgan fingerprint density at radius 2 is 0.682 bits per heavy atom. The first-order chi connectivity index (χ1) is 41.4. The molecule has 0 heterocycles. The van der Waals surface area contributed by atoms with Gasteiger partial charge in [0.2, 0.25) is 5.91 Å². The highest BCUT2D eigenvalue weighted by molar-refractivity contribution is 7.47. The van der Waals surface area contributed by atoms with E-state index in [2.05, 4.69) is 50.4 Å². The second-order valence-corrected chi connectivity index (χ2v) is 28.3. The number of quaternary nitrogens is 1. The molecule has 10 heteroatoms. The summed E-state index contributed by atoms with van der Waals surface area (Å²) in [6.45, 7) is 7.06. The largest absolute Gasteiger partial charge is 0.472 e. The highest BCUT2D eigenvalue weighted by atomic mass is 31.2. The van der Waals surface area contributed by atoms with Crippen LogP contribution < -0.4 is 5.32 Å². The van der Waals surface area contributed by atoms with Crippen LogP contribution in [0.2, 0.25) is 0 Å². The van der Waals surface area contributed by atoms with Gasteiger partial charge in [0.1, 0.15) is 19.3 Å². The summed E-state index contributed by atoms with van der Waals surface area (Å²) in [4.78, 5) is 37.9. The first-order valence-corrected chi connectivity index (χ1v) is 38.8. The summed E-state index contributed by atoms with van der Waals surface area (Å²) in [6.07, 6.45) is 81.7. The van der Waals surface area contributed by atoms with E-state index in [0.29, 0.717) is 23.9 Å². The number of hydrogen-bond acceptors (Lipinski definition) is 6. The zero-order valence-electron chi connectivity index (χ0n) is 57.6. The third kappa shape index (κ3) is 66.5. The molecule has 0 aromatic rings. The molecule has 0 aromatic carbocycles. The van der Waals surface area contributed by atoms with Crippen molar-refractivity contribution >= 4 is 19.7 Å². The summed E-state index contributed by atoms with van der Waals surface area (Å²) in [5, 5.41) is 3.08. The van der Waals surface area contributed by atoms with Gasteiger partial charge in [-0.1, -0.05) is 321 Å². The van der Waals surface area contributed by atoms with Crippen LogP contribution in [0.25, 0.3) is 0 Å². The average Bonchev–Trinajstić information content (AvgIpc) is 3.64. The molecule has 0 spiro atoms. The quantitative estimate of drug-likeness (QED) is 0.0205. The lowest BCUT2D eigenvalue weighted by Gasteiger charge is -2.27. The molecular formula is C75H146N2O7P+. The van der Waals surface area contributed by atoms with Crippen molar-refractivity contribution in [1.29, 1.82) is 0 Å². The second-order valence-electron chi connectivity index (χ2n) is 26.8. The third-order valence-electron chi connectivity index (χ3n) is 17.1. The number of amides is 1. The number of phosphoric acid groups is 1. The van der Waals surface area contributed by atoms with E-state index in [0.717, 1.165) is 57.8 Å². The van der Waals surface area contributed by atoms with Crippen LogP contribution in [0.1, 0.15) is 380 Å². The van der Waals surface area contributed by atoms with E-state index >= 15 is 0 Å². The summed E-state index contributed by atoms with van der Waals surface area (Å²) in [5.74, 6) is -0.486. The monoisotopic (exact) mass is 1220 g/mol. The molecule has 0 radical (unpaired) electrons. The van der Waals surface area contributed by atoms with Gasteiger partial charge in [0.25, 0.3) is 0 Å². The minimum Gasteiger partial charge on any atom is -0.456 e. The van der Waals surface area contributed by atoms with Gasteiger partial charge in [-0.25, -0.2) is 4.57 Å². The van der Waals surface area contributed by atoms with E-state index < -0.39 is 20.0 Å². The number of unbranched alkanes of at least 4 members (excludes halogenated alkanes) is 49. The molecule has 0 aliphatic rings. The standard InChI is InChI=1S/C75H145N2O7P/c1-7-10-13-16-19-22-25-27-29-31-33-35-36-37-38-39-40-42-43-45-47-49-52-55-58-61-64-67-74(78)76-72(71-83-85(80,81)82-70-69-77(4,5)6)73(66-63-60-57-54-51-24-21-18-15-12-9-3)84-75(79)68-65-62-59-56-53-50-48-46-44-41-34-32-30-28-26-23-20-17-14-11-8-2/h27-30,63,66,72-73H,7-26,31-62,64-65,67-71H2,1-6H3,(H-,76,78,80,81)/p+1/b29-27+,30-28+,66-63-. The fraction of sp³-hybridized carbons (Fsp3) is 0.893. The molecule has 0 aliphatic carbocycles. The van der Waals surface area contributed by atoms with Crippen LogP contribution in [-0.2, 0) is 27.9 Å². The molecule has 0 bridgehead atoms. The predicted molar refractivity (Wildman–Crippen MR) is 369 cm³/mol.